The summed E-state index contributed by atoms with van der Waals surface area (Å²) in [4.78, 5) is 11.3. The van der Waals surface area contributed by atoms with E-state index in [0.29, 0.717) is 5.69 Å². The highest BCUT2D eigenvalue weighted by atomic mass is 19.1. The van der Waals surface area contributed by atoms with Crippen LogP contribution in [0.2, 0.25) is 0 Å². The highest BCUT2D eigenvalue weighted by Crippen LogP contribution is 2.24. The summed E-state index contributed by atoms with van der Waals surface area (Å²) in [5.74, 6) is 0.489. The van der Waals surface area contributed by atoms with Gasteiger partial charge in [-0.1, -0.05) is 6.07 Å². The van der Waals surface area contributed by atoms with Gasteiger partial charge >= 0.3 is 0 Å². The summed E-state index contributed by atoms with van der Waals surface area (Å²) in [7, 11) is 0. The van der Waals surface area contributed by atoms with Crippen molar-refractivity contribution >= 4 is 5.95 Å². The smallest absolute Gasteiger partial charge is 0.225 e. The lowest BCUT2D eigenvalue weighted by Gasteiger charge is -2.15. The van der Waals surface area contributed by atoms with E-state index in [9.17, 15) is 4.39 Å². The molecule has 0 saturated carbocycles. The summed E-state index contributed by atoms with van der Waals surface area (Å²) in [5, 5.41) is 4.50. The van der Waals surface area contributed by atoms with Gasteiger partial charge in [0.25, 0.3) is 0 Å². The molecule has 3 heterocycles. The van der Waals surface area contributed by atoms with E-state index in [-0.39, 0.29) is 5.82 Å². The molecular weight excluding hydrogens is 305 g/mol. The largest absolute Gasteiger partial charge is 0.341 e. The van der Waals surface area contributed by atoms with Crippen LogP contribution in [0, 0.1) is 12.7 Å². The number of benzene rings is 1. The van der Waals surface area contributed by atoms with Crippen molar-refractivity contribution in [2.45, 2.75) is 19.8 Å². The Morgan fingerprint density at radius 2 is 1.96 bits per heavy atom. The fourth-order valence-electron chi connectivity index (χ4n) is 3.03. The molecule has 1 aliphatic heterocycles. The van der Waals surface area contributed by atoms with Crippen LogP contribution in [0.15, 0.2) is 42.7 Å². The van der Waals surface area contributed by atoms with E-state index in [2.05, 4.69) is 15.0 Å². The number of rotatable bonds is 3. The quantitative estimate of drug-likeness (QED) is 0.741. The van der Waals surface area contributed by atoms with Crippen molar-refractivity contribution in [1.29, 1.82) is 0 Å². The van der Waals surface area contributed by atoms with E-state index in [4.69, 9.17) is 4.98 Å². The molecule has 0 spiro atoms. The molecule has 0 unspecified atom stereocenters. The van der Waals surface area contributed by atoms with Crippen LogP contribution >= 0.6 is 0 Å². The Hall–Kier alpha value is -2.76. The van der Waals surface area contributed by atoms with E-state index in [1.807, 2.05) is 25.3 Å². The second-order valence-corrected chi connectivity index (χ2v) is 5.99. The molecular formula is C18H18FN5. The van der Waals surface area contributed by atoms with E-state index in [1.165, 1.54) is 25.0 Å². The van der Waals surface area contributed by atoms with Crippen LogP contribution in [0.4, 0.5) is 10.3 Å². The fraction of sp³-hybridized carbons (Fsp3) is 0.278. The monoisotopic (exact) mass is 323 g/mol. The fourth-order valence-corrected chi connectivity index (χ4v) is 3.03. The maximum absolute atomic E-state index is 13.4. The van der Waals surface area contributed by atoms with E-state index >= 15 is 0 Å². The molecule has 0 amide bonds. The zero-order valence-electron chi connectivity index (χ0n) is 13.5. The van der Waals surface area contributed by atoms with E-state index in [1.54, 1.807) is 16.9 Å². The molecule has 0 N–H and O–H groups in total. The predicted octanol–water partition coefficient (Wildman–Crippen LogP) is 3.38. The summed E-state index contributed by atoms with van der Waals surface area (Å²) in [6.45, 7) is 3.94. The molecule has 0 atom stereocenters. The van der Waals surface area contributed by atoms with Gasteiger partial charge in [0.1, 0.15) is 5.82 Å². The van der Waals surface area contributed by atoms with Gasteiger partial charge in [-0.15, -0.1) is 0 Å². The van der Waals surface area contributed by atoms with Gasteiger partial charge < -0.3 is 4.90 Å². The topological polar surface area (TPSA) is 46.8 Å². The summed E-state index contributed by atoms with van der Waals surface area (Å²) in [6.07, 6.45) is 6.05. The first-order valence-corrected chi connectivity index (χ1v) is 8.11. The Balaban J connectivity index is 1.71. The van der Waals surface area contributed by atoms with Crippen LogP contribution in [0.1, 0.15) is 18.5 Å². The van der Waals surface area contributed by atoms with Crippen LogP contribution in [0.5, 0.6) is 0 Å². The molecule has 6 heteroatoms. The second-order valence-electron chi connectivity index (χ2n) is 5.99. The molecule has 0 radical (unpaired) electrons. The minimum absolute atomic E-state index is 0.277. The summed E-state index contributed by atoms with van der Waals surface area (Å²) in [5.41, 5.74) is 3.32. The van der Waals surface area contributed by atoms with Gasteiger partial charge in [-0.3, -0.25) is 0 Å². The van der Waals surface area contributed by atoms with E-state index < -0.39 is 0 Å². The summed E-state index contributed by atoms with van der Waals surface area (Å²) < 4.78 is 15.1. The van der Waals surface area contributed by atoms with Gasteiger partial charge in [0, 0.05) is 31.0 Å². The SMILES string of the molecule is Cc1nn(-c2cccc(F)c2)cc1-c1ccnc(N2CCCC2)n1. The molecule has 2 aromatic heterocycles. The van der Waals surface area contributed by atoms with Crippen LogP contribution in [-0.4, -0.2) is 32.8 Å². The second kappa shape index (κ2) is 6.03. The highest BCUT2D eigenvalue weighted by molar-refractivity contribution is 5.62. The molecule has 24 heavy (non-hydrogen) atoms. The minimum Gasteiger partial charge on any atom is -0.341 e. The Bertz CT molecular complexity index is 867. The lowest BCUT2D eigenvalue weighted by Crippen LogP contribution is -2.20. The lowest BCUT2D eigenvalue weighted by atomic mass is 10.2. The zero-order chi connectivity index (χ0) is 16.5. The third-order valence-electron chi connectivity index (χ3n) is 4.28. The standard InChI is InChI=1S/C18H18FN5/c1-13-16(12-24(22-13)15-6-4-5-14(19)11-15)17-7-8-20-18(21-17)23-9-2-3-10-23/h4-8,11-12H,2-3,9-10H2,1H3. The van der Waals surface area contributed by atoms with Crippen LogP contribution in [0.25, 0.3) is 16.9 Å². The first-order chi connectivity index (χ1) is 11.7. The molecule has 0 bridgehead atoms. The summed E-state index contributed by atoms with van der Waals surface area (Å²) in [6, 6.07) is 8.28. The Kier molecular flexibility index (Phi) is 3.72. The Morgan fingerprint density at radius 3 is 2.75 bits per heavy atom. The van der Waals surface area contributed by atoms with Crippen LogP contribution in [-0.2, 0) is 0 Å². The van der Waals surface area contributed by atoms with Crippen molar-refractivity contribution < 1.29 is 4.39 Å². The molecule has 1 fully saturated rings. The van der Waals surface area contributed by atoms with Gasteiger partial charge in [-0.05, 0) is 44.0 Å². The van der Waals surface area contributed by atoms with Gasteiger partial charge in [0.2, 0.25) is 5.95 Å². The van der Waals surface area contributed by atoms with Crippen molar-refractivity contribution in [3.8, 4) is 16.9 Å². The maximum atomic E-state index is 13.4. The number of hydrogen-bond donors (Lipinski definition) is 0. The molecule has 0 aliphatic carbocycles. The van der Waals surface area contributed by atoms with Crippen LogP contribution in [0.3, 0.4) is 0 Å². The average Bonchev–Trinajstić information content (AvgIpc) is 3.25. The number of halogens is 1. The molecule has 1 aromatic carbocycles. The van der Waals surface area contributed by atoms with Crippen molar-refractivity contribution in [1.82, 2.24) is 19.7 Å². The maximum Gasteiger partial charge on any atom is 0.225 e. The normalized spacial score (nSPS) is 14.3. The molecule has 1 aliphatic rings. The third-order valence-corrected chi connectivity index (χ3v) is 4.28. The number of nitrogens with zero attached hydrogens (tertiary/aromatic N) is 5. The lowest BCUT2D eigenvalue weighted by molar-refractivity contribution is 0.625. The Morgan fingerprint density at radius 1 is 1.12 bits per heavy atom. The molecule has 3 aromatic rings. The third kappa shape index (κ3) is 2.75. The number of aryl methyl sites for hydroxylation is 1. The number of hydrogen-bond acceptors (Lipinski definition) is 4. The van der Waals surface area contributed by atoms with Crippen molar-refractivity contribution in [3.05, 3.63) is 54.2 Å². The van der Waals surface area contributed by atoms with Gasteiger partial charge in [0.15, 0.2) is 0 Å². The average molecular weight is 323 g/mol. The molecule has 5 nitrogen and oxygen atoms in total. The Labute approximate surface area is 139 Å². The molecule has 1 saturated heterocycles. The van der Waals surface area contributed by atoms with Gasteiger partial charge in [0.05, 0.1) is 17.1 Å². The van der Waals surface area contributed by atoms with Gasteiger partial charge in [-0.2, -0.15) is 5.10 Å². The molecule has 4 rings (SSSR count). The summed E-state index contributed by atoms with van der Waals surface area (Å²) >= 11 is 0. The number of aromatic nitrogens is 4. The van der Waals surface area contributed by atoms with Crippen LogP contribution < -0.4 is 4.90 Å². The highest BCUT2D eigenvalue weighted by Gasteiger charge is 2.17. The van der Waals surface area contributed by atoms with E-state index in [0.717, 1.165) is 36.0 Å². The number of anilines is 1. The van der Waals surface area contributed by atoms with Crippen molar-refractivity contribution in [2.24, 2.45) is 0 Å². The molecule has 122 valence electrons. The predicted molar refractivity (Wildman–Crippen MR) is 90.7 cm³/mol. The first kappa shape index (κ1) is 14.8. The minimum atomic E-state index is -0.277. The van der Waals surface area contributed by atoms with Crippen molar-refractivity contribution in [3.63, 3.8) is 0 Å². The van der Waals surface area contributed by atoms with Crippen molar-refractivity contribution in [2.75, 3.05) is 18.0 Å². The first-order valence-electron chi connectivity index (χ1n) is 8.11. The zero-order valence-corrected chi connectivity index (χ0v) is 13.5. The van der Waals surface area contributed by atoms with Gasteiger partial charge in [-0.25, -0.2) is 19.0 Å².